The molecular formula is C20H14F3N5. The Bertz CT molecular complexity index is 1110. The number of nitrogens with two attached hydrogens (primary N) is 1. The molecule has 2 aromatic heterocycles. The van der Waals surface area contributed by atoms with Gasteiger partial charge in [-0.05, 0) is 5.56 Å². The summed E-state index contributed by atoms with van der Waals surface area (Å²) < 4.78 is 41.8. The SMILES string of the molecule is Nc1ccnn1-c1nc(C(F)(F)F)nc(-c2ccccc2)c1-c1ccccc1. The van der Waals surface area contributed by atoms with Crippen LogP contribution in [0.3, 0.4) is 0 Å². The van der Waals surface area contributed by atoms with E-state index in [1.54, 1.807) is 54.6 Å². The minimum absolute atomic E-state index is 0.0325. The van der Waals surface area contributed by atoms with Gasteiger partial charge in [0.1, 0.15) is 5.82 Å². The highest BCUT2D eigenvalue weighted by Gasteiger charge is 2.37. The van der Waals surface area contributed by atoms with Crippen molar-refractivity contribution in [2.75, 3.05) is 5.73 Å². The summed E-state index contributed by atoms with van der Waals surface area (Å²) in [6.45, 7) is 0. The third-order valence-corrected chi connectivity index (χ3v) is 4.13. The molecule has 0 spiro atoms. The van der Waals surface area contributed by atoms with E-state index in [0.29, 0.717) is 16.7 Å². The lowest BCUT2D eigenvalue weighted by Crippen LogP contribution is -2.17. The zero-order valence-electron chi connectivity index (χ0n) is 14.4. The number of nitrogens with zero attached hydrogens (tertiary/aromatic N) is 4. The molecule has 2 N–H and O–H groups in total. The van der Waals surface area contributed by atoms with E-state index in [0.717, 1.165) is 0 Å². The summed E-state index contributed by atoms with van der Waals surface area (Å²) in [5.41, 5.74) is 7.67. The smallest absolute Gasteiger partial charge is 0.384 e. The molecule has 0 aliphatic carbocycles. The molecule has 4 rings (SSSR count). The molecule has 2 heterocycles. The monoisotopic (exact) mass is 381 g/mol. The fourth-order valence-electron chi connectivity index (χ4n) is 2.90. The number of anilines is 1. The summed E-state index contributed by atoms with van der Waals surface area (Å²) in [6, 6.07) is 19.1. The van der Waals surface area contributed by atoms with Crippen LogP contribution in [0.15, 0.2) is 72.9 Å². The molecule has 0 saturated carbocycles. The van der Waals surface area contributed by atoms with Crippen LogP contribution >= 0.6 is 0 Å². The Hall–Kier alpha value is -3.68. The predicted octanol–water partition coefficient (Wildman–Crippen LogP) is 4.60. The van der Waals surface area contributed by atoms with Gasteiger partial charge in [0.25, 0.3) is 0 Å². The van der Waals surface area contributed by atoms with Crippen molar-refractivity contribution < 1.29 is 13.2 Å². The van der Waals surface area contributed by atoms with Crippen LogP contribution in [0.2, 0.25) is 0 Å². The fraction of sp³-hybridized carbons (Fsp3) is 0.0500. The molecule has 0 unspecified atom stereocenters. The van der Waals surface area contributed by atoms with Crippen molar-refractivity contribution in [3.63, 3.8) is 0 Å². The Labute approximate surface area is 158 Å². The molecule has 8 heteroatoms. The van der Waals surface area contributed by atoms with Crippen LogP contribution in [0, 0.1) is 0 Å². The Balaban J connectivity index is 2.13. The number of benzene rings is 2. The Morgan fingerprint density at radius 2 is 1.39 bits per heavy atom. The van der Waals surface area contributed by atoms with Crippen LogP contribution in [0.4, 0.5) is 19.0 Å². The molecule has 4 aromatic rings. The van der Waals surface area contributed by atoms with E-state index in [-0.39, 0.29) is 17.3 Å². The first kappa shape index (κ1) is 17.7. The molecule has 0 fully saturated rings. The summed E-state index contributed by atoms with van der Waals surface area (Å²) in [5.74, 6) is -1.12. The second-order valence-corrected chi connectivity index (χ2v) is 5.99. The predicted molar refractivity (Wildman–Crippen MR) is 99.4 cm³/mol. The van der Waals surface area contributed by atoms with Crippen molar-refractivity contribution in [2.45, 2.75) is 6.18 Å². The maximum absolute atomic E-state index is 13.6. The van der Waals surface area contributed by atoms with Gasteiger partial charge in [0, 0.05) is 11.6 Å². The highest BCUT2D eigenvalue weighted by atomic mass is 19.4. The third-order valence-electron chi connectivity index (χ3n) is 4.13. The van der Waals surface area contributed by atoms with Crippen molar-refractivity contribution in [2.24, 2.45) is 0 Å². The molecule has 0 aliphatic rings. The number of halogens is 3. The first-order valence-electron chi connectivity index (χ1n) is 8.35. The van der Waals surface area contributed by atoms with E-state index < -0.39 is 12.0 Å². The van der Waals surface area contributed by atoms with Crippen molar-refractivity contribution in [3.05, 3.63) is 78.8 Å². The zero-order valence-corrected chi connectivity index (χ0v) is 14.4. The Morgan fingerprint density at radius 1 is 0.786 bits per heavy atom. The number of aromatic nitrogens is 4. The van der Waals surface area contributed by atoms with Gasteiger partial charge >= 0.3 is 6.18 Å². The summed E-state index contributed by atoms with van der Waals surface area (Å²) in [7, 11) is 0. The van der Waals surface area contributed by atoms with Crippen molar-refractivity contribution in [1.82, 2.24) is 19.7 Å². The molecule has 0 aliphatic heterocycles. The van der Waals surface area contributed by atoms with E-state index in [1.807, 2.05) is 6.07 Å². The maximum atomic E-state index is 13.6. The van der Waals surface area contributed by atoms with E-state index in [1.165, 1.54) is 16.9 Å². The summed E-state index contributed by atoms with van der Waals surface area (Å²) in [5, 5.41) is 4.06. The second-order valence-electron chi connectivity index (χ2n) is 5.99. The Morgan fingerprint density at radius 3 is 1.93 bits per heavy atom. The van der Waals surface area contributed by atoms with Crippen LogP contribution in [-0.4, -0.2) is 19.7 Å². The maximum Gasteiger partial charge on any atom is 0.451 e. The van der Waals surface area contributed by atoms with Gasteiger partial charge in [-0.2, -0.15) is 23.0 Å². The number of alkyl halides is 3. The molecule has 5 nitrogen and oxygen atoms in total. The molecule has 2 aromatic carbocycles. The molecule has 0 saturated heterocycles. The van der Waals surface area contributed by atoms with Gasteiger partial charge in [0.15, 0.2) is 5.82 Å². The van der Waals surface area contributed by atoms with Gasteiger partial charge in [-0.1, -0.05) is 60.7 Å². The summed E-state index contributed by atoms with van der Waals surface area (Å²) >= 11 is 0. The molecule has 0 bridgehead atoms. The van der Waals surface area contributed by atoms with E-state index in [2.05, 4.69) is 15.1 Å². The number of hydrogen-bond donors (Lipinski definition) is 1. The molecule has 140 valence electrons. The van der Waals surface area contributed by atoms with E-state index in [4.69, 9.17) is 5.73 Å². The first-order valence-corrected chi connectivity index (χ1v) is 8.35. The highest BCUT2D eigenvalue weighted by Crippen LogP contribution is 2.38. The van der Waals surface area contributed by atoms with Gasteiger partial charge < -0.3 is 5.73 Å². The molecule has 0 atom stereocenters. The minimum Gasteiger partial charge on any atom is -0.384 e. The Kier molecular flexibility index (Phi) is 4.31. The zero-order chi connectivity index (χ0) is 19.7. The van der Waals surface area contributed by atoms with Crippen LogP contribution < -0.4 is 5.73 Å². The van der Waals surface area contributed by atoms with Crippen molar-refractivity contribution in [1.29, 1.82) is 0 Å². The average molecular weight is 381 g/mol. The first-order chi connectivity index (χ1) is 13.4. The van der Waals surface area contributed by atoms with E-state index in [9.17, 15) is 13.2 Å². The third kappa shape index (κ3) is 3.20. The highest BCUT2D eigenvalue weighted by molar-refractivity contribution is 5.85. The summed E-state index contributed by atoms with van der Waals surface area (Å²) in [6.07, 6.45) is -3.32. The van der Waals surface area contributed by atoms with Gasteiger partial charge in [-0.15, -0.1) is 0 Å². The lowest BCUT2D eigenvalue weighted by Gasteiger charge is -2.17. The van der Waals surface area contributed by atoms with Crippen LogP contribution in [-0.2, 0) is 6.18 Å². The quantitative estimate of drug-likeness (QED) is 0.563. The lowest BCUT2D eigenvalue weighted by molar-refractivity contribution is -0.144. The lowest BCUT2D eigenvalue weighted by atomic mass is 9.99. The molecule has 28 heavy (non-hydrogen) atoms. The average Bonchev–Trinajstić information content (AvgIpc) is 3.13. The van der Waals surface area contributed by atoms with Crippen LogP contribution in [0.5, 0.6) is 0 Å². The normalized spacial score (nSPS) is 11.5. The minimum atomic E-state index is -4.73. The van der Waals surface area contributed by atoms with Crippen molar-refractivity contribution >= 4 is 5.82 Å². The molecular weight excluding hydrogens is 367 g/mol. The van der Waals surface area contributed by atoms with Gasteiger partial charge in [0.05, 0.1) is 17.5 Å². The fourth-order valence-corrected chi connectivity index (χ4v) is 2.90. The largest absolute Gasteiger partial charge is 0.451 e. The molecule has 0 radical (unpaired) electrons. The summed E-state index contributed by atoms with van der Waals surface area (Å²) in [4.78, 5) is 7.67. The van der Waals surface area contributed by atoms with Gasteiger partial charge in [-0.25, -0.2) is 9.97 Å². The van der Waals surface area contributed by atoms with Gasteiger partial charge in [-0.3, -0.25) is 0 Å². The second kappa shape index (κ2) is 6.80. The molecule has 0 amide bonds. The number of nitrogen functional groups attached to an aromatic ring is 1. The number of hydrogen-bond acceptors (Lipinski definition) is 4. The van der Waals surface area contributed by atoms with Crippen LogP contribution in [0.25, 0.3) is 28.2 Å². The van der Waals surface area contributed by atoms with Crippen LogP contribution in [0.1, 0.15) is 5.82 Å². The number of rotatable bonds is 3. The standard InChI is InChI=1S/C20H14F3N5/c21-20(22,23)19-26-17(14-9-5-2-6-10-14)16(13-7-3-1-4-8-13)18(27-19)28-15(24)11-12-25-28/h1-12H,24H2. The van der Waals surface area contributed by atoms with Gasteiger partial charge in [0.2, 0.25) is 5.82 Å². The van der Waals surface area contributed by atoms with Crippen molar-refractivity contribution in [3.8, 4) is 28.2 Å². The topological polar surface area (TPSA) is 69.6 Å². The van der Waals surface area contributed by atoms with E-state index >= 15 is 0 Å².